The molecule has 2 heterocycles. The first-order valence-electron chi connectivity index (χ1n) is 6.20. The van der Waals surface area contributed by atoms with Crippen molar-refractivity contribution in [3.63, 3.8) is 0 Å². The van der Waals surface area contributed by atoms with Crippen LogP contribution in [0.1, 0.15) is 27.7 Å². The van der Waals surface area contributed by atoms with Crippen molar-refractivity contribution in [2.75, 3.05) is 7.11 Å². The Morgan fingerprint density at radius 2 is 2.24 bits per heavy atom. The van der Waals surface area contributed by atoms with E-state index in [1.165, 1.54) is 36.9 Å². The van der Waals surface area contributed by atoms with E-state index in [1.807, 2.05) is 17.5 Å². The molecule has 0 bridgehead atoms. The van der Waals surface area contributed by atoms with Gasteiger partial charge in [-0.15, -0.1) is 11.3 Å². The lowest BCUT2D eigenvalue weighted by molar-refractivity contribution is -0.141. The van der Waals surface area contributed by atoms with Crippen molar-refractivity contribution in [2.45, 2.75) is 12.5 Å². The molecule has 0 aliphatic carbocycles. The van der Waals surface area contributed by atoms with Gasteiger partial charge in [-0.1, -0.05) is 6.07 Å². The summed E-state index contributed by atoms with van der Waals surface area (Å²) >= 11 is 1.42. The number of esters is 1. The van der Waals surface area contributed by atoms with E-state index in [-0.39, 0.29) is 17.4 Å². The van der Waals surface area contributed by atoms with E-state index in [1.54, 1.807) is 0 Å². The SMILES string of the molecule is COC(=O)CC(NC(=O)c1c[nH]ccc1=O)c1cccs1. The molecule has 0 spiro atoms. The van der Waals surface area contributed by atoms with Gasteiger partial charge in [-0.25, -0.2) is 0 Å². The third-order valence-electron chi connectivity index (χ3n) is 2.86. The second kappa shape index (κ2) is 6.85. The number of methoxy groups -OCH3 is 1. The molecule has 0 aliphatic heterocycles. The lowest BCUT2D eigenvalue weighted by Crippen LogP contribution is -2.33. The van der Waals surface area contributed by atoms with Crippen LogP contribution in [0.5, 0.6) is 0 Å². The number of amides is 1. The highest BCUT2D eigenvalue weighted by molar-refractivity contribution is 7.10. The van der Waals surface area contributed by atoms with Crippen LogP contribution in [0.2, 0.25) is 0 Å². The number of thiophene rings is 1. The molecular formula is C14H14N2O4S. The van der Waals surface area contributed by atoms with E-state index in [9.17, 15) is 14.4 Å². The highest BCUT2D eigenvalue weighted by Gasteiger charge is 2.21. The van der Waals surface area contributed by atoms with Crippen LogP contribution in [0.3, 0.4) is 0 Å². The van der Waals surface area contributed by atoms with Gasteiger partial charge in [-0.3, -0.25) is 14.4 Å². The molecule has 1 amide bonds. The third-order valence-corrected chi connectivity index (χ3v) is 3.85. The molecule has 1 unspecified atom stereocenters. The molecule has 0 aliphatic rings. The number of nitrogens with one attached hydrogen (secondary N) is 2. The van der Waals surface area contributed by atoms with Crippen molar-refractivity contribution in [1.29, 1.82) is 0 Å². The lowest BCUT2D eigenvalue weighted by atomic mass is 10.1. The summed E-state index contributed by atoms with van der Waals surface area (Å²) < 4.78 is 4.64. The van der Waals surface area contributed by atoms with Gasteiger partial charge in [0.25, 0.3) is 5.91 Å². The number of ether oxygens (including phenoxy) is 1. The zero-order valence-electron chi connectivity index (χ0n) is 11.3. The maximum absolute atomic E-state index is 12.2. The van der Waals surface area contributed by atoms with Gasteiger partial charge >= 0.3 is 5.97 Å². The largest absolute Gasteiger partial charge is 0.469 e. The van der Waals surface area contributed by atoms with E-state index in [4.69, 9.17) is 0 Å². The van der Waals surface area contributed by atoms with Crippen LogP contribution in [0.25, 0.3) is 0 Å². The average molecular weight is 306 g/mol. The fourth-order valence-corrected chi connectivity index (χ4v) is 2.57. The van der Waals surface area contributed by atoms with Gasteiger partial charge in [0.05, 0.1) is 19.6 Å². The molecule has 0 fully saturated rings. The Hall–Kier alpha value is -2.41. The summed E-state index contributed by atoms with van der Waals surface area (Å²) in [5, 5.41) is 4.54. The number of carbonyl (C=O) groups is 2. The fraction of sp³-hybridized carbons (Fsp3) is 0.214. The van der Waals surface area contributed by atoms with Crippen LogP contribution in [0.15, 0.2) is 40.8 Å². The molecule has 1 atom stereocenters. The van der Waals surface area contributed by atoms with E-state index < -0.39 is 17.9 Å². The van der Waals surface area contributed by atoms with Gasteiger partial charge < -0.3 is 15.0 Å². The van der Waals surface area contributed by atoms with Crippen LogP contribution < -0.4 is 10.7 Å². The van der Waals surface area contributed by atoms with Gasteiger partial charge in [-0.2, -0.15) is 0 Å². The summed E-state index contributed by atoms with van der Waals surface area (Å²) in [7, 11) is 1.29. The van der Waals surface area contributed by atoms with Crippen LogP contribution in [0, 0.1) is 0 Å². The minimum absolute atomic E-state index is 0.00363. The molecule has 0 saturated heterocycles. The van der Waals surface area contributed by atoms with Crippen molar-refractivity contribution in [2.24, 2.45) is 0 Å². The van der Waals surface area contributed by atoms with Crippen LogP contribution in [-0.2, 0) is 9.53 Å². The molecule has 2 aromatic rings. The molecule has 0 radical (unpaired) electrons. The molecule has 2 rings (SSSR count). The summed E-state index contributed by atoms with van der Waals surface area (Å²) in [5.74, 6) is -0.963. The standard InChI is InChI=1S/C14H14N2O4S/c1-20-13(18)7-10(12-3-2-6-21-12)16-14(19)9-8-15-5-4-11(9)17/h2-6,8,10H,7H2,1H3,(H,15,17)(H,16,19). The summed E-state index contributed by atoms with van der Waals surface area (Å²) in [4.78, 5) is 38.8. The normalized spacial score (nSPS) is 11.7. The number of hydrogen-bond donors (Lipinski definition) is 2. The minimum Gasteiger partial charge on any atom is -0.469 e. The van der Waals surface area contributed by atoms with Gasteiger partial charge in [0.2, 0.25) is 0 Å². The monoisotopic (exact) mass is 306 g/mol. The Kier molecular flexibility index (Phi) is 4.89. The molecule has 0 aromatic carbocycles. The quantitative estimate of drug-likeness (QED) is 0.819. The van der Waals surface area contributed by atoms with Crippen molar-refractivity contribution < 1.29 is 14.3 Å². The van der Waals surface area contributed by atoms with Crippen molar-refractivity contribution in [1.82, 2.24) is 10.3 Å². The molecule has 110 valence electrons. The molecular weight excluding hydrogens is 292 g/mol. The summed E-state index contributed by atoms with van der Waals surface area (Å²) in [5.41, 5.74) is -0.377. The number of H-pyrrole nitrogens is 1. The van der Waals surface area contributed by atoms with E-state index in [2.05, 4.69) is 15.0 Å². The Morgan fingerprint density at radius 3 is 2.86 bits per heavy atom. The molecule has 6 nitrogen and oxygen atoms in total. The number of hydrogen-bond acceptors (Lipinski definition) is 5. The maximum Gasteiger partial charge on any atom is 0.307 e. The van der Waals surface area contributed by atoms with Gasteiger partial charge in [0.15, 0.2) is 5.43 Å². The smallest absolute Gasteiger partial charge is 0.307 e. The number of rotatable bonds is 5. The van der Waals surface area contributed by atoms with E-state index in [0.29, 0.717) is 0 Å². The summed E-state index contributed by atoms with van der Waals surface area (Å²) in [6.45, 7) is 0. The van der Waals surface area contributed by atoms with Crippen molar-refractivity contribution in [3.05, 3.63) is 56.6 Å². The number of carbonyl (C=O) groups excluding carboxylic acids is 2. The maximum atomic E-state index is 12.2. The van der Waals surface area contributed by atoms with E-state index >= 15 is 0 Å². The van der Waals surface area contributed by atoms with E-state index in [0.717, 1.165) is 4.88 Å². The van der Waals surface area contributed by atoms with Gasteiger partial charge in [0, 0.05) is 23.3 Å². The molecule has 2 aromatic heterocycles. The fourth-order valence-electron chi connectivity index (χ4n) is 1.79. The zero-order valence-corrected chi connectivity index (χ0v) is 12.1. The predicted octanol–water partition coefficient (Wildman–Crippen LogP) is 1.47. The Labute approximate surface area is 124 Å². The first-order valence-corrected chi connectivity index (χ1v) is 7.08. The van der Waals surface area contributed by atoms with Crippen molar-refractivity contribution in [3.8, 4) is 0 Å². The second-order valence-electron chi connectivity index (χ2n) is 4.24. The first kappa shape index (κ1) is 15.0. The average Bonchev–Trinajstić information content (AvgIpc) is 3.01. The lowest BCUT2D eigenvalue weighted by Gasteiger charge is -2.16. The second-order valence-corrected chi connectivity index (χ2v) is 5.22. The van der Waals surface area contributed by atoms with Crippen molar-refractivity contribution >= 4 is 23.2 Å². The highest BCUT2D eigenvalue weighted by atomic mass is 32.1. The minimum atomic E-state index is -0.529. The van der Waals surface area contributed by atoms with Gasteiger partial charge in [-0.05, 0) is 11.4 Å². The Morgan fingerprint density at radius 1 is 1.43 bits per heavy atom. The Balaban J connectivity index is 2.19. The Bertz CT molecular complexity index is 678. The van der Waals surface area contributed by atoms with Crippen LogP contribution in [0.4, 0.5) is 0 Å². The summed E-state index contributed by atoms with van der Waals surface area (Å²) in [6.07, 6.45) is 2.79. The van der Waals surface area contributed by atoms with Gasteiger partial charge in [0.1, 0.15) is 5.56 Å². The topological polar surface area (TPSA) is 88.3 Å². The molecule has 21 heavy (non-hydrogen) atoms. The predicted molar refractivity (Wildman–Crippen MR) is 78.2 cm³/mol. The van der Waals surface area contributed by atoms with Crippen LogP contribution >= 0.6 is 11.3 Å². The summed E-state index contributed by atoms with van der Waals surface area (Å²) in [6, 6.07) is 4.39. The number of pyridine rings is 1. The first-order chi connectivity index (χ1) is 10.1. The molecule has 2 N–H and O–H groups in total. The highest BCUT2D eigenvalue weighted by Crippen LogP contribution is 2.22. The molecule has 7 heteroatoms. The number of aromatic nitrogens is 1. The van der Waals surface area contributed by atoms with Crippen LogP contribution in [-0.4, -0.2) is 24.0 Å². The third kappa shape index (κ3) is 3.79. The molecule has 0 saturated carbocycles. The zero-order chi connectivity index (χ0) is 15.2. The number of aromatic amines is 1.